The number of rotatable bonds is 10. The molecule has 3 N–H and O–H groups in total. The van der Waals surface area contributed by atoms with Gasteiger partial charge in [0.15, 0.2) is 0 Å². The summed E-state index contributed by atoms with van der Waals surface area (Å²) in [6, 6.07) is 15.5. The number of hydrogen-bond donors (Lipinski definition) is 3. The molecule has 0 saturated heterocycles. The van der Waals surface area contributed by atoms with Crippen LogP contribution in [0.3, 0.4) is 0 Å². The van der Waals surface area contributed by atoms with Gasteiger partial charge in [-0.1, -0.05) is 61.9 Å². The maximum atomic E-state index is 12.7. The topological polar surface area (TPSA) is 118 Å². The summed E-state index contributed by atoms with van der Waals surface area (Å²) in [4.78, 5) is 40.3. The second-order valence-electron chi connectivity index (χ2n) is 8.33. The SMILES string of the molecule is CCC[C@@H](NC(=O)OCC1c2ccccc2-c2ccccc21)C(=O)NCc1nc(CC(=O)O)cs1. The monoisotopic (exact) mass is 493 g/mol. The normalized spacial score (nSPS) is 12.9. The van der Waals surface area contributed by atoms with E-state index in [1.165, 1.54) is 11.3 Å². The van der Waals surface area contributed by atoms with Gasteiger partial charge in [0.2, 0.25) is 5.91 Å². The van der Waals surface area contributed by atoms with Crippen LogP contribution in [0.1, 0.15) is 47.5 Å². The summed E-state index contributed by atoms with van der Waals surface area (Å²) >= 11 is 1.28. The zero-order valence-electron chi connectivity index (χ0n) is 19.3. The van der Waals surface area contributed by atoms with Crippen LogP contribution in [0.5, 0.6) is 0 Å². The number of aliphatic carboxylic acids is 1. The summed E-state index contributed by atoms with van der Waals surface area (Å²) in [5.41, 5.74) is 4.99. The van der Waals surface area contributed by atoms with Crippen molar-refractivity contribution in [3.05, 3.63) is 75.7 Å². The lowest BCUT2D eigenvalue weighted by Crippen LogP contribution is -2.46. The zero-order valence-corrected chi connectivity index (χ0v) is 20.1. The molecule has 1 aliphatic carbocycles. The van der Waals surface area contributed by atoms with Crippen LogP contribution in [0.4, 0.5) is 4.79 Å². The second kappa shape index (κ2) is 11.1. The maximum Gasteiger partial charge on any atom is 0.407 e. The number of carboxylic acids is 1. The number of ether oxygens (including phenoxy) is 1. The number of thiazole rings is 1. The fourth-order valence-electron chi connectivity index (χ4n) is 4.29. The Labute approximate surface area is 207 Å². The lowest BCUT2D eigenvalue weighted by molar-refractivity contribution is -0.136. The van der Waals surface area contributed by atoms with E-state index < -0.39 is 18.1 Å². The van der Waals surface area contributed by atoms with Crippen LogP contribution in [0, 0.1) is 0 Å². The predicted molar refractivity (Wildman–Crippen MR) is 132 cm³/mol. The van der Waals surface area contributed by atoms with Gasteiger partial charge in [-0.3, -0.25) is 9.59 Å². The first-order chi connectivity index (χ1) is 17.0. The Morgan fingerprint density at radius 2 is 1.74 bits per heavy atom. The van der Waals surface area contributed by atoms with Crippen LogP contribution >= 0.6 is 11.3 Å². The van der Waals surface area contributed by atoms with Crippen molar-refractivity contribution < 1.29 is 24.2 Å². The quantitative estimate of drug-likeness (QED) is 0.392. The van der Waals surface area contributed by atoms with E-state index in [2.05, 4.69) is 39.9 Å². The summed E-state index contributed by atoms with van der Waals surface area (Å²) in [7, 11) is 0. The maximum absolute atomic E-state index is 12.7. The van der Waals surface area contributed by atoms with E-state index in [9.17, 15) is 14.4 Å². The third-order valence-electron chi connectivity index (χ3n) is 5.88. The molecule has 1 heterocycles. The number of amides is 2. The van der Waals surface area contributed by atoms with Crippen molar-refractivity contribution in [1.29, 1.82) is 0 Å². The van der Waals surface area contributed by atoms with Crippen LogP contribution in [-0.2, 0) is 27.3 Å². The molecule has 0 unspecified atom stereocenters. The molecule has 8 nitrogen and oxygen atoms in total. The minimum atomic E-state index is -0.957. The van der Waals surface area contributed by atoms with E-state index in [1.54, 1.807) is 5.38 Å². The number of carbonyl (C=O) groups excluding carboxylic acids is 2. The van der Waals surface area contributed by atoms with Crippen molar-refractivity contribution in [2.45, 2.75) is 44.7 Å². The molecule has 0 saturated carbocycles. The molecule has 182 valence electrons. The Kier molecular flexibility index (Phi) is 7.77. The minimum Gasteiger partial charge on any atom is -0.481 e. The highest BCUT2D eigenvalue weighted by atomic mass is 32.1. The summed E-state index contributed by atoms with van der Waals surface area (Å²) in [6.45, 7) is 2.26. The number of alkyl carbamates (subject to hydrolysis) is 1. The highest BCUT2D eigenvalue weighted by molar-refractivity contribution is 7.09. The van der Waals surface area contributed by atoms with Gasteiger partial charge in [0.1, 0.15) is 17.7 Å². The average molecular weight is 494 g/mol. The van der Waals surface area contributed by atoms with Crippen LogP contribution in [0.15, 0.2) is 53.9 Å². The number of nitrogens with zero attached hydrogens (tertiary/aromatic N) is 1. The molecule has 1 aliphatic rings. The number of nitrogens with one attached hydrogen (secondary N) is 2. The Hall–Kier alpha value is -3.72. The number of hydrogen-bond acceptors (Lipinski definition) is 6. The van der Waals surface area contributed by atoms with Gasteiger partial charge in [-0.2, -0.15) is 0 Å². The largest absolute Gasteiger partial charge is 0.481 e. The van der Waals surface area contributed by atoms with Crippen molar-refractivity contribution in [3.8, 4) is 11.1 Å². The van der Waals surface area contributed by atoms with Gasteiger partial charge in [0.05, 0.1) is 18.7 Å². The van der Waals surface area contributed by atoms with E-state index in [1.807, 2.05) is 31.2 Å². The Balaban J connectivity index is 1.33. The molecule has 1 atom stereocenters. The first-order valence-corrected chi connectivity index (χ1v) is 12.4. The smallest absolute Gasteiger partial charge is 0.407 e. The van der Waals surface area contributed by atoms with Gasteiger partial charge < -0.3 is 20.5 Å². The number of aromatic nitrogens is 1. The molecule has 3 aromatic rings. The Morgan fingerprint density at radius 3 is 2.37 bits per heavy atom. The fourth-order valence-corrected chi connectivity index (χ4v) is 5.03. The molecule has 9 heteroatoms. The summed E-state index contributed by atoms with van der Waals surface area (Å²) in [6.07, 6.45) is 0.352. The van der Waals surface area contributed by atoms with Gasteiger partial charge >= 0.3 is 12.1 Å². The predicted octanol–water partition coefficient (Wildman–Crippen LogP) is 4.09. The number of carbonyl (C=O) groups is 3. The Bertz CT molecular complexity index is 1180. The van der Waals surface area contributed by atoms with Gasteiger partial charge in [-0.15, -0.1) is 11.3 Å². The molecule has 2 amide bonds. The first-order valence-electron chi connectivity index (χ1n) is 11.5. The van der Waals surface area contributed by atoms with E-state index in [0.717, 1.165) is 22.3 Å². The van der Waals surface area contributed by atoms with Gasteiger partial charge in [-0.05, 0) is 28.7 Å². The van der Waals surface area contributed by atoms with Crippen molar-refractivity contribution in [3.63, 3.8) is 0 Å². The van der Waals surface area contributed by atoms with E-state index in [0.29, 0.717) is 23.5 Å². The molecule has 4 rings (SSSR count). The molecule has 0 bridgehead atoms. The summed E-state index contributed by atoms with van der Waals surface area (Å²) in [5, 5.41) is 16.6. The number of benzene rings is 2. The van der Waals surface area contributed by atoms with Crippen molar-refractivity contribution >= 4 is 29.3 Å². The fraction of sp³-hybridized carbons (Fsp3) is 0.308. The van der Waals surface area contributed by atoms with E-state index in [4.69, 9.17) is 9.84 Å². The molecule has 0 aliphatic heterocycles. The first kappa shape index (κ1) is 24.4. The summed E-state index contributed by atoms with van der Waals surface area (Å²) in [5.74, 6) is -1.35. The Morgan fingerprint density at radius 1 is 1.09 bits per heavy atom. The lowest BCUT2D eigenvalue weighted by atomic mass is 9.98. The molecule has 0 spiro atoms. The molecular formula is C26H27N3O5S. The van der Waals surface area contributed by atoms with Crippen molar-refractivity contribution in [2.24, 2.45) is 0 Å². The molecule has 35 heavy (non-hydrogen) atoms. The molecule has 1 aromatic heterocycles. The average Bonchev–Trinajstić information content (AvgIpc) is 3.42. The number of fused-ring (bicyclic) bond motifs is 3. The lowest BCUT2D eigenvalue weighted by Gasteiger charge is -2.19. The highest BCUT2D eigenvalue weighted by Crippen LogP contribution is 2.44. The van der Waals surface area contributed by atoms with Gasteiger partial charge in [0.25, 0.3) is 0 Å². The van der Waals surface area contributed by atoms with E-state index in [-0.39, 0.29) is 31.4 Å². The number of carboxylic acid groups (broad SMARTS) is 1. The van der Waals surface area contributed by atoms with Crippen molar-refractivity contribution in [1.82, 2.24) is 15.6 Å². The van der Waals surface area contributed by atoms with Gasteiger partial charge in [0, 0.05) is 11.3 Å². The van der Waals surface area contributed by atoms with Crippen LogP contribution in [0.2, 0.25) is 0 Å². The minimum absolute atomic E-state index is 0.0588. The van der Waals surface area contributed by atoms with Gasteiger partial charge in [-0.25, -0.2) is 9.78 Å². The summed E-state index contributed by atoms with van der Waals surface area (Å²) < 4.78 is 5.57. The standard InChI is InChI=1S/C26H27N3O5S/c1-2-7-22(25(32)27-13-23-28-16(15-35-23)12-24(30)31)29-26(33)34-14-21-19-10-5-3-8-17(19)18-9-4-6-11-20(18)21/h3-6,8-11,15,21-22H,2,7,12-14H2,1H3,(H,27,32)(H,29,33)(H,30,31)/t22-/m1/s1. The van der Waals surface area contributed by atoms with Crippen molar-refractivity contribution in [2.75, 3.05) is 6.61 Å². The molecule has 0 fully saturated rings. The molecule has 2 aromatic carbocycles. The van der Waals surface area contributed by atoms with Crippen LogP contribution in [-0.4, -0.2) is 40.7 Å². The third kappa shape index (κ3) is 5.86. The third-order valence-corrected chi connectivity index (χ3v) is 6.77. The van der Waals surface area contributed by atoms with Crippen LogP contribution in [0.25, 0.3) is 11.1 Å². The molecule has 0 radical (unpaired) electrons. The van der Waals surface area contributed by atoms with E-state index >= 15 is 0 Å². The molecular weight excluding hydrogens is 466 g/mol. The zero-order chi connectivity index (χ0) is 24.8. The van der Waals surface area contributed by atoms with Crippen LogP contribution < -0.4 is 10.6 Å². The highest BCUT2D eigenvalue weighted by Gasteiger charge is 2.29. The second-order valence-corrected chi connectivity index (χ2v) is 9.27.